The molecule has 0 saturated heterocycles. The predicted molar refractivity (Wildman–Crippen MR) is 129 cm³/mol. The molecule has 14 heteroatoms. The van der Waals surface area contributed by atoms with E-state index in [1.165, 1.54) is 0 Å². The van der Waals surface area contributed by atoms with Crippen molar-refractivity contribution in [1.82, 2.24) is 19.9 Å². The zero-order valence-corrected chi connectivity index (χ0v) is 21.7. The summed E-state index contributed by atoms with van der Waals surface area (Å²) in [5.41, 5.74) is 0. The van der Waals surface area contributed by atoms with Crippen LogP contribution >= 0.6 is 0 Å². The van der Waals surface area contributed by atoms with E-state index in [9.17, 15) is 16.8 Å². The van der Waals surface area contributed by atoms with Gasteiger partial charge in [-0.05, 0) is 69.4 Å². The van der Waals surface area contributed by atoms with Crippen molar-refractivity contribution in [2.45, 2.75) is 69.7 Å². The highest BCUT2D eigenvalue weighted by Crippen LogP contribution is 2.27. The van der Waals surface area contributed by atoms with Crippen molar-refractivity contribution in [3.8, 4) is 12.0 Å². The minimum absolute atomic E-state index is 0.0246. The summed E-state index contributed by atoms with van der Waals surface area (Å²) in [5.74, 6) is -0.127. The van der Waals surface area contributed by atoms with Gasteiger partial charge in [-0.15, -0.1) is 0 Å². The van der Waals surface area contributed by atoms with E-state index in [4.69, 9.17) is 18.2 Å². The SMILES string of the molecule is CS(=O)(=O)O[C@H]1CC[C@H](Oc2ncccn2)CC1.O=S(=O)(O)C[C@H]1CC[C@H](Oc2ncccn2)CC1. The first-order valence-electron chi connectivity index (χ1n) is 11.8. The highest BCUT2D eigenvalue weighted by molar-refractivity contribution is 7.86. The van der Waals surface area contributed by atoms with Gasteiger partial charge in [-0.1, -0.05) is 0 Å². The smallest absolute Gasteiger partial charge is 0.316 e. The summed E-state index contributed by atoms with van der Waals surface area (Å²) >= 11 is 0. The van der Waals surface area contributed by atoms with E-state index in [0.717, 1.165) is 44.8 Å². The molecule has 2 aliphatic rings. The van der Waals surface area contributed by atoms with Gasteiger partial charge in [-0.2, -0.15) is 16.8 Å². The first-order valence-corrected chi connectivity index (χ1v) is 15.2. The molecule has 0 radical (unpaired) electrons. The number of aromatic nitrogens is 4. The molecule has 0 aromatic carbocycles. The fraction of sp³-hybridized carbons (Fsp3) is 0.636. The summed E-state index contributed by atoms with van der Waals surface area (Å²) in [5, 5.41) is 0. The predicted octanol–water partition coefficient (Wildman–Crippen LogP) is 2.44. The van der Waals surface area contributed by atoms with Crippen LogP contribution < -0.4 is 9.47 Å². The van der Waals surface area contributed by atoms with Crippen LogP contribution in [0.4, 0.5) is 0 Å². The van der Waals surface area contributed by atoms with E-state index >= 15 is 0 Å². The molecule has 2 saturated carbocycles. The highest BCUT2D eigenvalue weighted by atomic mass is 32.2. The van der Waals surface area contributed by atoms with Crippen LogP contribution in [-0.2, 0) is 24.4 Å². The number of ether oxygens (including phenoxy) is 2. The maximum atomic E-state index is 11.0. The Labute approximate surface area is 211 Å². The van der Waals surface area contributed by atoms with Gasteiger partial charge >= 0.3 is 12.0 Å². The third kappa shape index (κ3) is 11.1. The van der Waals surface area contributed by atoms with Crippen molar-refractivity contribution in [3.05, 3.63) is 36.9 Å². The number of hydrogen-bond donors (Lipinski definition) is 1. The lowest BCUT2D eigenvalue weighted by atomic mass is 9.89. The van der Waals surface area contributed by atoms with Gasteiger partial charge < -0.3 is 9.47 Å². The Hall–Kier alpha value is -2.42. The number of nitrogens with zero attached hydrogens (tertiary/aromatic N) is 4. The van der Waals surface area contributed by atoms with Crippen LogP contribution in [0.3, 0.4) is 0 Å². The van der Waals surface area contributed by atoms with Crippen LogP contribution in [-0.4, -0.2) is 71.6 Å². The van der Waals surface area contributed by atoms with Crippen molar-refractivity contribution >= 4 is 20.2 Å². The van der Waals surface area contributed by atoms with E-state index in [1.54, 1.807) is 36.9 Å². The first kappa shape index (κ1) is 28.2. The quantitative estimate of drug-likeness (QED) is 0.381. The normalized spacial score (nSPS) is 24.7. The lowest BCUT2D eigenvalue weighted by Gasteiger charge is -2.27. The molecule has 2 aliphatic carbocycles. The molecule has 0 atom stereocenters. The minimum Gasteiger partial charge on any atom is -0.460 e. The molecule has 4 rings (SSSR count). The second-order valence-corrected chi connectivity index (χ2v) is 12.0. The molecule has 2 heterocycles. The molecule has 12 nitrogen and oxygen atoms in total. The van der Waals surface area contributed by atoms with E-state index in [2.05, 4.69) is 19.9 Å². The van der Waals surface area contributed by atoms with Gasteiger partial charge in [0.2, 0.25) is 0 Å². The summed E-state index contributed by atoms with van der Waals surface area (Å²) in [6, 6.07) is 4.17. The van der Waals surface area contributed by atoms with Crippen LogP contribution in [0.25, 0.3) is 0 Å². The van der Waals surface area contributed by atoms with Gasteiger partial charge in [0.15, 0.2) is 0 Å². The molecule has 0 unspecified atom stereocenters. The molecule has 36 heavy (non-hydrogen) atoms. The molecule has 1 N–H and O–H groups in total. The number of hydrogen-bond acceptors (Lipinski definition) is 11. The van der Waals surface area contributed by atoms with E-state index in [1.807, 2.05) is 0 Å². The molecule has 0 bridgehead atoms. The fourth-order valence-corrected chi connectivity index (χ4v) is 5.81. The summed E-state index contributed by atoms with van der Waals surface area (Å²) in [7, 11) is -7.23. The van der Waals surface area contributed by atoms with E-state index in [-0.39, 0.29) is 30.0 Å². The Kier molecular flexibility index (Phi) is 10.3. The van der Waals surface area contributed by atoms with Gasteiger partial charge in [0, 0.05) is 24.8 Å². The van der Waals surface area contributed by atoms with Gasteiger partial charge in [0.1, 0.15) is 12.2 Å². The second kappa shape index (κ2) is 13.2. The van der Waals surface area contributed by atoms with Crippen LogP contribution in [0, 0.1) is 5.92 Å². The third-order valence-electron chi connectivity index (χ3n) is 5.80. The Morgan fingerprint density at radius 1 is 0.722 bits per heavy atom. The Bertz CT molecular complexity index is 1030. The summed E-state index contributed by atoms with van der Waals surface area (Å²) in [6.07, 6.45) is 13.2. The van der Waals surface area contributed by atoms with E-state index < -0.39 is 20.2 Å². The minimum atomic E-state index is -3.87. The molecular weight excluding hydrogens is 512 g/mol. The largest absolute Gasteiger partial charge is 0.460 e. The third-order valence-corrected chi connectivity index (χ3v) is 7.31. The van der Waals surface area contributed by atoms with Gasteiger partial charge in [-0.3, -0.25) is 8.74 Å². The van der Waals surface area contributed by atoms with Gasteiger partial charge in [0.05, 0.1) is 18.1 Å². The molecular formula is C22H32N4O8S2. The van der Waals surface area contributed by atoms with Crippen LogP contribution in [0.2, 0.25) is 0 Å². The van der Waals surface area contributed by atoms with Crippen molar-refractivity contribution in [1.29, 1.82) is 0 Å². The zero-order valence-electron chi connectivity index (χ0n) is 20.0. The monoisotopic (exact) mass is 544 g/mol. The standard InChI is InChI=1S/2C11H16N2O4S/c1-18(14,15)17-10-5-3-9(4-6-10)16-11-12-7-2-8-13-11;14-18(15,16)8-9-2-4-10(5-3-9)17-11-12-6-1-7-13-11/h2,7-10H,3-6H2,1H3;1,6-7,9-10H,2-5,8H2,(H,14,15,16)/t2*9-,10-. The molecule has 200 valence electrons. The average Bonchev–Trinajstić information content (AvgIpc) is 2.82. The summed E-state index contributed by atoms with van der Waals surface area (Å²) in [4.78, 5) is 15.9. The molecule has 0 spiro atoms. The lowest BCUT2D eigenvalue weighted by molar-refractivity contribution is 0.0787. The molecule has 2 fully saturated rings. The van der Waals surface area contributed by atoms with Crippen molar-refractivity contribution < 1.29 is 35.0 Å². The van der Waals surface area contributed by atoms with Crippen molar-refractivity contribution in [2.24, 2.45) is 5.92 Å². The Morgan fingerprint density at radius 3 is 1.50 bits per heavy atom. The average molecular weight is 545 g/mol. The van der Waals surface area contributed by atoms with Crippen LogP contribution in [0.1, 0.15) is 51.4 Å². The van der Waals surface area contributed by atoms with E-state index in [0.29, 0.717) is 24.9 Å². The van der Waals surface area contributed by atoms with Gasteiger partial charge in [-0.25, -0.2) is 19.9 Å². The fourth-order valence-electron chi connectivity index (χ4n) is 4.20. The molecule has 2 aromatic heterocycles. The van der Waals surface area contributed by atoms with Crippen LogP contribution in [0.15, 0.2) is 36.9 Å². The second-order valence-electron chi connectivity index (χ2n) is 8.89. The zero-order chi connectivity index (χ0) is 26.0. The maximum Gasteiger partial charge on any atom is 0.316 e. The highest BCUT2D eigenvalue weighted by Gasteiger charge is 2.27. The molecule has 2 aromatic rings. The summed E-state index contributed by atoms with van der Waals surface area (Å²) < 4.78 is 68.5. The van der Waals surface area contributed by atoms with Gasteiger partial charge in [0.25, 0.3) is 20.2 Å². The molecule has 0 aliphatic heterocycles. The molecule has 0 amide bonds. The Morgan fingerprint density at radius 2 is 1.11 bits per heavy atom. The van der Waals surface area contributed by atoms with Crippen molar-refractivity contribution in [2.75, 3.05) is 12.0 Å². The first-order chi connectivity index (χ1) is 17.1. The maximum absolute atomic E-state index is 11.0. The topological polar surface area (TPSA) is 168 Å². The number of rotatable bonds is 8. The summed E-state index contributed by atoms with van der Waals surface area (Å²) in [6.45, 7) is 0. The van der Waals surface area contributed by atoms with Crippen molar-refractivity contribution in [3.63, 3.8) is 0 Å². The van der Waals surface area contributed by atoms with Crippen LogP contribution in [0.5, 0.6) is 12.0 Å². The Balaban J connectivity index is 0.000000201. The lowest BCUT2D eigenvalue weighted by Crippen LogP contribution is -2.30.